The second-order valence-corrected chi connectivity index (χ2v) is 5.07. The molecule has 1 aromatic carbocycles. The Morgan fingerprint density at radius 2 is 2.10 bits per heavy atom. The van der Waals surface area contributed by atoms with Gasteiger partial charge in [0.2, 0.25) is 0 Å². The van der Waals surface area contributed by atoms with E-state index in [4.69, 9.17) is 11.6 Å². The van der Waals surface area contributed by atoms with Gasteiger partial charge < -0.3 is 10.2 Å². The van der Waals surface area contributed by atoms with E-state index >= 15 is 0 Å². The summed E-state index contributed by atoms with van der Waals surface area (Å²) in [6, 6.07) is 7.84. The van der Waals surface area contributed by atoms with Gasteiger partial charge in [-0.2, -0.15) is 0 Å². The van der Waals surface area contributed by atoms with Crippen molar-refractivity contribution in [2.24, 2.45) is 0 Å². The Kier molecular flexibility index (Phi) is 5.32. The maximum absolute atomic E-state index is 5.99. The molecule has 0 radical (unpaired) electrons. The first-order chi connectivity index (χ1) is 9.69. The fourth-order valence-corrected chi connectivity index (χ4v) is 2.09. The maximum atomic E-state index is 5.99. The number of nitrogens with one attached hydrogen (secondary N) is 1. The zero-order chi connectivity index (χ0) is 14.4. The van der Waals surface area contributed by atoms with Crippen LogP contribution in [-0.2, 0) is 13.1 Å². The number of hydrogen-bond acceptors (Lipinski definition) is 4. The molecule has 0 spiro atoms. The fourth-order valence-electron chi connectivity index (χ4n) is 1.88. The summed E-state index contributed by atoms with van der Waals surface area (Å²) in [5, 5.41) is 3.98. The van der Waals surface area contributed by atoms with Crippen LogP contribution in [0.4, 0.5) is 5.82 Å². The molecule has 0 aliphatic carbocycles. The Hall–Kier alpha value is -1.65. The van der Waals surface area contributed by atoms with Gasteiger partial charge in [0.05, 0.1) is 18.1 Å². The van der Waals surface area contributed by atoms with Gasteiger partial charge >= 0.3 is 0 Å². The van der Waals surface area contributed by atoms with Crippen molar-refractivity contribution in [2.75, 3.05) is 18.5 Å². The Bertz CT molecular complexity index is 542. The summed E-state index contributed by atoms with van der Waals surface area (Å²) in [6.07, 6.45) is 3.61. The van der Waals surface area contributed by atoms with Crippen LogP contribution < -0.4 is 10.2 Å². The molecule has 106 valence electrons. The van der Waals surface area contributed by atoms with Crippen molar-refractivity contribution in [3.05, 3.63) is 52.9 Å². The first-order valence-electron chi connectivity index (χ1n) is 6.66. The highest BCUT2D eigenvalue weighted by molar-refractivity contribution is 6.30. The van der Waals surface area contributed by atoms with Gasteiger partial charge in [-0.3, -0.25) is 4.98 Å². The van der Waals surface area contributed by atoms with Gasteiger partial charge in [-0.25, -0.2) is 4.98 Å². The third kappa shape index (κ3) is 4.18. The summed E-state index contributed by atoms with van der Waals surface area (Å²) in [6.45, 7) is 4.50. The molecule has 0 bridgehead atoms. The third-order valence-corrected chi connectivity index (χ3v) is 3.18. The highest BCUT2D eigenvalue weighted by Crippen LogP contribution is 2.15. The topological polar surface area (TPSA) is 41.1 Å². The van der Waals surface area contributed by atoms with Crippen molar-refractivity contribution < 1.29 is 0 Å². The Labute approximate surface area is 124 Å². The molecule has 0 amide bonds. The van der Waals surface area contributed by atoms with Gasteiger partial charge in [-0.05, 0) is 24.2 Å². The normalized spacial score (nSPS) is 10.6. The van der Waals surface area contributed by atoms with Gasteiger partial charge in [0.15, 0.2) is 0 Å². The predicted octanol–water partition coefficient (Wildman–Crippen LogP) is 2.88. The third-order valence-electron chi connectivity index (χ3n) is 2.95. The number of benzene rings is 1. The van der Waals surface area contributed by atoms with Gasteiger partial charge in [-0.1, -0.05) is 30.7 Å². The minimum Gasteiger partial charge on any atom is -0.354 e. The molecular weight excluding hydrogens is 272 g/mol. The summed E-state index contributed by atoms with van der Waals surface area (Å²) >= 11 is 5.99. The zero-order valence-electron chi connectivity index (χ0n) is 11.8. The quantitative estimate of drug-likeness (QED) is 0.888. The molecule has 1 heterocycles. The number of aromatic nitrogens is 2. The number of anilines is 1. The number of rotatable bonds is 6. The van der Waals surface area contributed by atoms with Crippen LogP contribution in [0.15, 0.2) is 36.7 Å². The zero-order valence-corrected chi connectivity index (χ0v) is 12.6. The van der Waals surface area contributed by atoms with Gasteiger partial charge in [0, 0.05) is 25.2 Å². The lowest BCUT2D eigenvalue weighted by Gasteiger charge is -2.18. The average molecular weight is 291 g/mol. The molecule has 0 saturated carbocycles. The van der Waals surface area contributed by atoms with Crippen LogP contribution >= 0.6 is 11.6 Å². The molecule has 0 unspecified atom stereocenters. The number of halogens is 1. The van der Waals surface area contributed by atoms with Gasteiger partial charge in [0.25, 0.3) is 0 Å². The molecule has 5 heteroatoms. The molecule has 0 aliphatic heterocycles. The smallest absolute Gasteiger partial charge is 0.147 e. The van der Waals surface area contributed by atoms with E-state index in [0.717, 1.165) is 41.7 Å². The standard InChI is InChI=1S/C15H19ClN4/c1-3-17-8-14-9-19-15(10-18-14)20(2)11-12-5-4-6-13(16)7-12/h4-7,9-10,17H,3,8,11H2,1-2H3. The van der Waals surface area contributed by atoms with E-state index in [1.165, 1.54) is 0 Å². The van der Waals surface area contributed by atoms with Crippen LogP contribution in [0.25, 0.3) is 0 Å². The monoisotopic (exact) mass is 290 g/mol. The molecule has 0 aliphatic rings. The molecule has 2 aromatic rings. The van der Waals surface area contributed by atoms with Crippen LogP contribution in [0.1, 0.15) is 18.2 Å². The van der Waals surface area contributed by atoms with E-state index in [-0.39, 0.29) is 0 Å². The molecule has 2 rings (SSSR count). The number of hydrogen-bond donors (Lipinski definition) is 1. The number of nitrogens with zero attached hydrogens (tertiary/aromatic N) is 3. The maximum Gasteiger partial charge on any atom is 0.147 e. The molecule has 0 fully saturated rings. The van der Waals surface area contributed by atoms with Crippen LogP contribution in [0.3, 0.4) is 0 Å². The summed E-state index contributed by atoms with van der Waals surface area (Å²) in [5.41, 5.74) is 2.10. The van der Waals surface area contributed by atoms with E-state index in [9.17, 15) is 0 Å². The van der Waals surface area contributed by atoms with Crippen molar-refractivity contribution in [3.8, 4) is 0 Å². The van der Waals surface area contributed by atoms with E-state index in [0.29, 0.717) is 0 Å². The first kappa shape index (κ1) is 14.8. The van der Waals surface area contributed by atoms with E-state index < -0.39 is 0 Å². The minimum atomic E-state index is 0.752. The Morgan fingerprint density at radius 3 is 2.75 bits per heavy atom. The second kappa shape index (κ2) is 7.22. The second-order valence-electron chi connectivity index (χ2n) is 4.63. The fraction of sp³-hybridized carbons (Fsp3) is 0.333. The van der Waals surface area contributed by atoms with Gasteiger partial charge in [-0.15, -0.1) is 0 Å². The Balaban J connectivity index is 2.00. The van der Waals surface area contributed by atoms with Crippen LogP contribution in [0.2, 0.25) is 5.02 Å². The largest absolute Gasteiger partial charge is 0.354 e. The van der Waals surface area contributed by atoms with Crippen molar-refractivity contribution in [3.63, 3.8) is 0 Å². The summed E-state index contributed by atoms with van der Waals surface area (Å²) in [4.78, 5) is 10.9. The summed E-state index contributed by atoms with van der Waals surface area (Å²) in [5.74, 6) is 0.852. The molecule has 0 saturated heterocycles. The minimum absolute atomic E-state index is 0.752. The van der Waals surface area contributed by atoms with Crippen LogP contribution in [0.5, 0.6) is 0 Å². The molecule has 20 heavy (non-hydrogen) atoms. The molecule has 4 nitrogen and oxygen atoms in total. The van der Waals surface area contributed by atoms with Crippen molar-refractivity contribution in [1.29, 1.82) is 0 Å². The highest BCUT2D eigenvalue weighted by atomic mass is 35.5. The van der Waals surface area contributed by atoms with E-state index in [1.54, 1.807) is 6.20 Å². The lowest BCUT2D eigenvalue weighted by molar-refractivity contribution is 0.706. The summed E-state index contributed by atoms with van der Waals surface area (Å²) in [7, 11) is 1.99. The van der Waals surface area contributed by atoms with E-state index in [2.05, 4.69) is 33.2 Å². The van der Waals surface area contributed by atoms with Gasteiger partial charge in [0.1, 0.15) is 5.82 Å². The van der Waals surface area contributed by atoms with Crippen molar-refractivity contribution in [2.45, 2.75) is 20.0 Å². The lowest BCUT2D eigenvalue weighted by Crippen LogP contribution is -2.19. The average Bonchev–Trinajstić information content (AvgIpc) is 2.45. The SMILES string of the molecule is CCNCc1cnc(N(C)Cc2cccc(Cl)c2)cn1. The van der Waals surface area contributed by atoms with Crippen LogP contribution in [-0.4, -0.2) is 23.6 Å². The lowest BCUT2D eigenvalue weighted by atomic mass is 10.2. The van der Waals surface area contributed by atoms with E-state index in [1.807, 2.05) is 31.4 Å². The first-order valence-corrected chi connectivity index (χ1v) is 7.04. The molecule has 0 atom stereocenters. The molecular formula is C15H19ClN4. The highest BCUT2D eigenvalue weighted by Gasteiger charge is 2.05. The Morgan fingerprint density at radius 1 is 1.25 bits per heavy atom. The molecule has 1 N–H and O–H groups in total. The van der Waals surface area contributed by atoms with Crippen LogP contribution in [0, 0.1) is 0 Å². The van der Waals surface area contributed by atoms with Crippen molar-refractivity contribution >= 4 is 17.4 Å². The van der Waals surface area contributed by atoms with Crippen molar-refractivity contribution in [1.82, 2.24) is 15.3 Å². The molecule has 1 aromatic heterocycles. The predicted molar refractivity (Wildman–Crippen MR) is 83.0 cm³/mol. The summed E-state index contributed by atoms with van der Waals surface area (Å²) < 4.78 is 0.